The monoisotopic (exact) mass is 378 g/mol. The van der Waals surface area contributed by atoms with Crippen LogP contribution in [0.1, 0.15) is 42.7 Å². The van der Waals surface area contributed by atoms with E-state index in [1.807, 2.05) is 18.2 Å². The van der Waals surface area contributed by atoms with Crippen molar-refractivity contribution in [3.05, 3.63) is 59.7 Å². The van der Waals surface area contributed by atoms with Gasteiger partial charge in [0.25, 0.3) is 0 Å². The zero-order valence-electron chi connectivity index (χ0n) is 16.7. The van der Waals surface area contributed by atoms with Crippen molar-refractivity contribution in [3.63, 3.8) is 0 Å². The standard InChI is InChI=1S/C24H30N2O2/c1-28-23-11-5-3-9-21(23)18-12-15-26(16-13-18)14-6-8-20-17-19-7-2-4-10-22(19)25-24(20)27/h2-5,7,9-11,18,20H,6,8,12-17H2,1H3,(H,25,27). The molecule has 0 saturated carbocycles. The van der Waals surface area contributed by atoms with Gasteiger partial charge in [0.1, 0.15) is 5.75 Å². The van der Waals surface area contributed by atoms with Crippen molar-refractivity contribution in [3.8, 4) is 5.75 Å². The van der Waals surface area contributed by atoms with E-state index in [2.05, 4.69) is 40.5 Å². The van der Waals surface area contributed by atoms with E-state index >= 15 is 0 Å². The molecule has 0 bridgehead atoms. The highest BCUT2D eigenvalue weighted by Crippen LogP contribution is 2.34. The fourth-order valence-corrected chi connectivity index (χ4v) is 4.68. The van der Waals surface area contributed by atoms with E-state index in [9.17, 15) is 4.79 Å². The maximum absolute atomic E-state index is 12.4. The number of carbonyl (C=O) groups excluding carboxylic acids is 1. The average molecular weight is 379 g/mol. The molecular formula is C24H30N2O2. The molecule has 2 heterocycles. The largest absolute Gasteiger partial charge is 0.496 e. The summed E-state index contributed by atoms with van der Waals surface area (Å²) in [5.74, 6) is 1.91. The van der Waals surface area contributed by atoms with Crippen molar-refractivity contribution in [1.82, 2.24) is 4.90 Å². The maximum atomic E-state index is 12.4. The summed E-state index contributed by atoms with van der Waals surface area (Å²) >= 11 is 0. The number of carbonyl (C=O) groups is 1. The molecule has 2 aliphatic rings. The van der Waals surface area contributed by atoms with Crippen molar-refractivity contribution in [1.29, 1.82) is 0 Å². The van der Waals surface area contributed by atoms with Crippen molar-refractivity contribution in [2.45, 2.75) is 38.0 Å². The van der Waals surface area contributed by atoms with Crippen LogP contribution < -0.4 is 10.1 Å². The molecule has 148 valence electrons. The number of hydrogen-bond acceptors (Lipinski definition) is 3. The zero-order chi connectivity index (χ0) is 19.3. The number of piperidine rings is 1. The molecule has 4 rings (SSSR count). The van der Waals surface area contributed by atoms with Crippen molar-refractivity contribution in [2.75, 3.05) is 32.1 Å². The van der Waals surface area contributed by atoms with Gasteiger partial charge < -0.3 is 15.0 Å². The first-order chi connectivity index (χ1) is 13.7. The van der Waals surface area contributed by atoms with Crippen LogP contribution in [-0.4, -0.2) is 37.6 Å². The summed E-state index contributed by atoms with van der Waals surface area (Å²) in [6.07, 6.45) is 5.28. The van der Waals surface area contributed by atoms with Gasteiger partial charge >= 0.3 is 0 Å². The van der Waals surface area contributed by atoms with Gasteiger partial charge in [-0.25, -0.2) is 0 Å². The number of nitrogens with one attached hydrogen (secondary N) is 1. The minimum absolute atomic E-state index is 0.112. The molecule has 1 N–H and O–H groups in total. The van der Waals surface area contributed by atoms with Gasteiger partial charge in [0.15, 0.2) is 0 Å². The molecule has 2 aromatic rings. The zero-order valence-corrected chi connectivity index (χ0v) is 16.7. The number of methoxy groups -OCH3 is 1. The molecule has 0 aromatic heterocycles. The Balaban J connectivity index is 1.23. The number of likely N-dealkylation sites (tertiary alicyclic amines) is 1. The number of nitrogens with zero attached hydrogens (tertiary/aromatic N) is 1. The molecule has 0 spiro atoms. The Morgan fingerprint density at radius 3 is 2.64 bits per heavy atom. The number of hydrogen-bond donors (Lipinski definition) is 1. The minimum Gasteiger partial charge on any atom is -0.496 e. The first kappa shape index (κ1) is 19.0. The Morgan fingerprint density at radius 2 is 1.82 bits per heavy atom. The molecule has 0 radical (unpaired) electrons. The Kier molecular flexibility index (Phi) is 5.96. The predicted molar refractivity (Wildman–Crippen MR) is 113 cm³/mol. The molecule has 4 nitrogen and oxygen atoms in total. The van der Waals surface area contributed by atoms with Gasteiger partial charge in [0, 0.05) is 11.6 Å². The Hall–Kier alpha value is -2.33. The number of benzene rings is 2. The Labute approximate surface area is 167 Å². The van der Waals surface area contributed by atoms with Gasteiger partial charge in [-0.2, -0.15) is 0 Å². The van der Waals surface area contributed by atoms with Gasteiger partial charge in [0.05, 0.1) is 7.11 Å². The summed E-state index contributed by atoms with van der Waals surface area (Å²) in [6.45, 7) is 3.34. The predicted octanol–water partition coefficient (Wildman–Crippen LogP) is 4.47. The van der Waals surface area contributed by atoms with E-state index in [0.717, 1.165) is 50.3 Å². The SMILES string of the molecule is COc1ccccc1C1CCN(CCCC2Cc3ccccc3NC2=O)CC1. The van der Waals surface area contributed by atoms with E-state index in [4.69, 9.17) is 4.74 Å². The van der Waals surface area contributed by atoms with Crippen LogP contribution in [0.3, 0.4) is 0 Å². The number of amides is 1. The average Bonchev–Trinajstić information content (AvgIpc) is 2.74. The lowest BCUT2D eigenvalue weighted by molar-refractivity contribution is -0.120. The van der Waals surface area contributed by atoms with Gasteiger partial charge in [-0.3, -0.25) is 4.79 Å². The van der Waals surface area contributed by atoms with Crippen LogP contribution in [0.5, 0.6) is 5.75 Å². The summed E-state index contributed by atoms with van der Waals surface area (Å²) < 4.78 is 5.54. The van der Waals surface area contributed by atoms with Crippen molar-refractivity contribution in [2.24, 2.45) is 5.92 Å². The van der Waals surface area contributed by atoms with Gasteiger partial charge in [-0.1, -0.05) is 36.4 Å². The molecule has 1 fully saturated rings. The summed E-state index contributed by atoms with van der Waals surface area (Å²) in [5.41, 5.74) is 3.61. The van der Waals surface area contributed by atoms with E-state index in [1.54, 1.807) is 7.11 Å². The van der Waals surface area contributed by atoms with Gasteiger partial charge in [-0.05, 0) is 80.9 Å². The summed E-state index contributed by atoms with van der Waals surface area (Å²) in [5, 5.41) is 3.07. The first-order valence-corrected chi connectivity index (χ1v) is 10.5. The van der Waals surface area contributed by atoms with Crippen LogP contribution in [0.4, 0.5) is 5.69 Å². The Bertz CT molecular complexity index is 812. The van der Waals surface area contributed by atoms with Crippen LogP contribution in [0.2, 0.25) is 0 Å². The summed E-state index contributed by atoms with van der Waals surface area (Å²) in [4.78, 5) is 14.9. The van der Waals surface area contributed by atoms with Gasteiger partial charge in [0.2, 0.25) is 5.91 Å². The van der Waals surface area contributed by atoms with Gasteiger partial charge in [-0.15, -0.1) is 0 Å². The van der Waals surface area contributed by atoms with E-state index in [-0.39, 0.29) is 11.8 Å². The summed E-state index contributed by atoms with van der Waals surface area (Å²) in [7, 11) is 1.76. The fraction of sp³-hybridized carbons (Fsp3) is 0.458. The lowest BCUT2D eigenvalue weighted by atomic mass is 9.88. The highest BCUT2D eigenvalue weighted by molar-refractivity contribution is 5.95. The molecule has 0 aliphatic carbocycles. The van der Waals surface area contributed by atoms with Crippen LogP contribution in [0.15, 0.2) is 48.5 Å². The molecule has 4 heteroatoms. The third kappa shape index (κ3) is 4.22. The topological polar surface area (TPSA) is 41.6 Å². The number of anilines is 1. The van der Waals surface area contributed by atoms with Crippen LogP contribution >= 0.6 is 0 Å². The minimum atomic E-state index is 0.112. The first-order valence-electron chi connectivity index (χ1n) is 10.5. The number of rotatable bonds is 6. The molecule has 2 aliphatic heterocycles. The van der Waals surface area contributed by atoms with Crippen LogP contribution in [-0.2, 0) is 11.2 Å². The number of ether oxygens (including phenoxy) is 1. The highest BCUT2D eigenvalue weighted by Gasteiger charge is 2.26. The molecule has 1 amide bonds. The smallest absolute Gasteiger partial charge is 0.227 e. The molecule has 1 atom stereocenters. The van der Waals surface area contributed by atoms with Crippen molar-refractivity contribution < 1.29 is 9.53 Å². The lowest BCUT2D eigenvalue weighted by Crippen LogP contribution is -2.35. The second-order valence-electron chi connectivity index (χ2n) is 8.05. The fourth-order valence-electron chi connectivity index (χ4n) is 4.68. The highest BCUT2D eigenvalue weighted by atomic mass is 16.5. The number of fused-ring (bicyclic) bond motifs is 1. The normalized spacial score (nSPS) is 20.5. The summed E-state index contributed by atoms with van der Waals surface area (Å²) in [6, 6.07) is 16.6. The third-order valence-corrected chi connectivity index (χ3v) is 6.31. The quantitative estimate of drug-likeness (QED) is 0.807. The second kappa shape index (κ2) is 8.78. The van der Waals surface area contributed by atoms with Crippen LogP contribution in [0, 0.1) is 5.92 Å². The second-order valence-corrected chi connectivity index (χ2v) is 8.05. The molecule has 1 saturated heterocycles. The third-order valence-electron chi connectivity index (χ3n) is 6.31. The Morgan fingerprint density at radius 1 is 1.07 bits per heavy atom. The van der Waals surface area contributed by atoms with Crippen molar-refractivity contribution >= 4 is 11.6 Å². The van der Waals surface area contributed by atoms with E-state index in [0.29, 0.717) is 5.92 Å². The van der Waals surface area contributed by atoms with Crippen LogP contribution in [0.25, 0.3) is 0 Å². The molecule has 1 unspecified atom stereocenters. The number of para-hydroxylation sites is 2. The molecular weight excluding hydrogens is 348 g/mol. The maximum Gasteiger partial charge on any atom is 0.227 e. The lowest BCUT2D eigenvalue weighted by Gasteiger charge is -2.33. The molecule has 28 heavy (non-hydrogen) atoms. The molecule has 2 aromatic carbocycles. The van der Waals surface area contributed by atoms with E-state index in [1.165, 1.54) is 24.0 Å². The van der Waals surface area contributed by atoms with E-state index < -0.39 is 0 Å².